The van der Waals surface area contributed by atoms with Crippen LogP contribution in [-0.4, -0.2) is 52.2 Å². The molecule has 0 saturated carbocycles. The minimum Gasteiger partial charge on any atom is -0.346 e. The summed E-state index contributed by atoms with van der Waals surface area (Å²) in [4.78, 5) is 25.4. The van der Waals surface area contributed by atoms with Gasteiger partial charge in [-0.3, -0.25) is 4.79 Å². The number of fused-ring (bicyclic) bond motifs is 1. The first-order valence-corrected chi connectivity index (χ1v) is 9.79. The van der Waals surface area contributed by atoms with Crippen molar-refractivity contribution in [3.05, 3.63) is 35.6 Å². The molecule has 0 aliphatic carbocycles. The van der Waals surface area contributed by atoms with Crippen molar-refractivity contribution in [2.24, 2.45) is 5.73 Å². The normalized spacial score (nSPS) is 22.0. The number of aromatic amines is 1. The van der Waals surface area contributed by atoms with Crippen LogP contribution in [0.25, 0.3) is 11.0 Å². The minimum absolute atomic E-state index is 0.0939. The number of carbonyl (C=O) groups excluding carboxylic acids is 1. The Hall–Kier alpha value is -1.99. The van der Waals surface area contributed by atoms with E-state index < -0.39 is 0 Å². The van der Waals surface area contributed by atoms with E-state index in [1.165, 1.54) is 0 Å². The second kappa shape index (κ2) is 7.09. The van der Waals surface area contributed by atoms with E-state index in [2.05, 4.69) is 14.9 Å². The van der Waals surface area contributed by atoms with Crippen molar-refractivity contribution < 1.29 is 4.79 Å². The number of hydrogen-bond donors (Lipinski definition) is 2. The van der Waals surface area contributed by atoms with Crippen molar-refractivity contribution in [1.82, 2.24) is 14.9 Å². The highest BCUT2D eigenvalue weighted by atomic mass is 32.2. The molecule has 3 N–H and O–H groups in total. The zero-order valence-corrected chi connectivity index (χ0v) is 15.0. The molecule has 0 bridgehead atoms. The van der Waals surface area contributed by atoms with Gasteiger partial charge >= 0.3 is 0 Å². The molecule has 132 valence electrons. The molecule has 2 aliphatic rings. The van der Waals surface area contributed by atoms with Gasteiger partial charge in [-0.05, 0) is 25.0 Å². The zero-order chi connectivity index (χ0) is 17.2. The first-order valence-electron chi connectivity index (χ1n) is 8.80. The molecule has 6 nitrogen and oxygen atoms in total. The fraction of sp³-hybridized carbons (Fsp3) is 0.444. The van der Waals surface area contributed by atoms with Crippen LogP contribution in [-0.2, 0) is 4.79 Å². The summed E-state index contributed by atoms with van der Waals surface area (Å²) in [6.45, 7) is 2.35. The van der Waals surface area contributed by atoms with Crippen LogP contribution in [0.4, 0.5) is 5.69 Å². The van der Waals surface area contributed by atoms with Crippen LogP contribution in [0.1, 0.15) is 19.3 Å². The first-order chi connectivity index (χ1) is 12.2. The van der Waals surface area contributed by atoms with Gasteiger partial charge in [0, 0.05) is 55.4 Å². The van der Waals surface area contributed by atoms with Crippen LogP contribution < -0.4 is 10.6 Å². The Morgan fingerprint density at radius 1 is 1.32 bits per heavy atom. The number of carbonyl (C=O) groups is 1. The van der Waals surface area contributed by atoms with Crippen LogP contribution in [0.5, 0.6) is 0 Å². The van der Waals surface area contributed by atoms with Crippen molar-refractivity contribution in [3.63, 3.8) is 0 Å². The summed E-state index contributed by atoms with van der Waals surface area (Å²) in [5, 5.41) is 1.08. The van der Waals surface area contributed by atoms with Gasteiger partial charge in [-0.1, -0.05) is 6.42 Å². The molecule has 2 aromatic heterocycles. The molecular formula is C18H23N5OS. The quantitative estimate of drug-likeness (QED) is 0.862. The van der Waals surface area contributed by atoms with Gasteiger partial charge in [-0.25, -0.2) is 4.98 Å². The molecule has 4 heterocycles. The topological polar surface area (TPSA) is 78.2 Å². The predicted octanol–water partition coefficient (Wildman–Crippen LogP) is 2.30. The van der Waals surface area contributed by atoms with Crippen molar-refractivity contribution in [1.29, 1.82) is 0 Å². The van der Waals surface area contributed by atoms with Crippen LogP contribution >= 0.6 is 11.8 Å². The van der Waals surface area contributed by atoms with Gasteiger partial charge in [-0.15, -0.1) is 11.8 Å². The lowest BCUT2D eigenvalue weighted by atomic mass is 10.2. The highest BCUT2D eigenvalue weighted by Gasteiger charge is 2.26. The van der Waals surface area contributed by atoms with E-state index in [0.717, 1.165) is 59.7 Å². The first kappa shape index (κ1) is 16.5. The number of amides is 1. The second-order valence-corrected chi connectivity index (χ2v) is 7.75. The number of nitrogens with zero attached hydrogens (tertiary/aromatic N) is 3. The molecule has 0 aromatic carbocycles. The average molecular weight is 357 g/mol. The number of nitrogens with one attached hydrogen (secondary N) is 1. The van der Waals surface area contributed by atoms with E-state index in [0.29, 0.717) is 6.54 Å². The second-order valence-electron chi connectivity index (χ2n) is 6.61. The number of anilines is 1. The summed E-state index contributed by atoms with van der Waals surface area (Å²) in [5.74, 6) is 1.01. The monoisotopic (exact) mass is 357 g/mol. The van der Waals surface area contributed by atoms with Gasteiger partial charge in [0.2, 0.25) is 0 Å². The third kappa shape index (κ3) is 3.39. The summed E-state index contributed by atoms with van der Waals surface area (Å²) in [7, 11) is 0. The van der Waals surface area contributed by atoms with Crippen molar-refractivity contribution >= 4 is 34.4 Å². The molecule has 0 unspecified atom stereocenters. The largest absolute Gasteiger partial charge is 0.346 e. The molecule has 0 spiro atoms. The Morgan fingerprint density at radius 3 is 3.16 bits per heavy atom. The summed E-state index contributed by atoms with van der Waals surface area (Å²) in [6, 6.07) is 4.13. The molecule has 1 saturated heterocycles. The molecule has 7 heteroatoms. The number of aromatic nitrogens is 2. The molecule has 4 rings (SSSR count). The Morgan fingerprint density at radius 2 is 2.24 bits per heavy atom. The third-order valence-corrected chi connectivity index (χ3v) is 5.79. The van der Waals surface area contributed by atoms with Crippen LogP contribution in [0.3, 0.4) is 0 Å². The van der Waals surface area contributed by atoms with Crippen molar-refractivity contribution in [2.75, 3.05) is 30.3 Å². The van der Waals surface area contributed by atoms with Gasteiger partial charge in [0.25, 0.3) is 5.91 Å². The standard InChI is InChI=1S/C18H23N5OS/c19-13-3-1-2-8-23(11-13)18(24)16-12-22(9-10-25-16)15-5-7-21-17-14(15)4-6-20-17/h4-7,12-13H,1-3,8-11,19H2,(H,20,21)/t13-/m1/s1. The fourth-order valence-corrected chi connectivity index (χ4v) is 4.48. The van der Waals surface area contributed by atoms with Crippen molar-refractivity contribution in [2.45, 2.75) is 25.3 Å². The Balaban J connectivity index is 1.60. The van der Waals surface area contributed by atoms with E-state index >= 15 is 0 Å². The van der Waals surface area contributed by atoms with E-state index in [9.17, 15) is 4.79 Å². The summed E-state index contributed by atoms with van der Waals surface area (Å²) in [5.41, 5.74) is 8.08. The lowest BCUT2D eigenvalue weighted by Gasteiger charge is -2.29. The lowest BCUT2D eigenvalue weighted by Crippen LogP contribution is -2.41. The number of thioether (sulfide) groups is 1. The average Bonchev–Trinajstić information content (AvgIpc) is 3.02. The molecule has 1 atom stereocenters. The Kier molecular flexibility index (Phi) is 4.67. The third-order valence-electron chi connectivity index (χ3n) is 4.82. The number of H-pyrrole nitrogens is 1. The van der Waals surface area contributed by atoms with Crippen molar-refractivity contribution in [3.8, 4) is 0 Å². The van der Waals surface area contributed by atoms with Crippen LogP contribution in [0, 0.1) is 0 Å². The van der Waals surface area contributed by atoms with Gasteiger partial charge in [0.15, 0.2) is 0 Å². The molecule has 1 amide bonds. The maximum atomic E-state index is 13.0. The van der Waals surface area contributed by atoms with Crippen LogP contribution in [0.15, 0.2) is 35.6 Å². The number of nitrogens with two attached hydrogens (primary N) is 1. The van der Waals surface area contributed by atoms with E-state index in [-0.39, 0.29) is 11.9 Å². The van der Waals surface area contributed by atoms with Gasteiger partial charge in [-0.2, -0.15) is 0 Å². The highest BCUT2D eigenvalue weighted by molar-refractivity contribution is 8.04. The van der Waals surface area contributed by atoms with Gasteiger partial charge in [0.05, 0.1) is 10.6 Å². The molecule has 1 fully saturated rings. The maximum absolute atomic E-state index is 13.0. The summed E-state index contributed by atoms with van der Waals surface area (Å²) < 4.78 is 0. The minimum atomic E-state index is 0.0939. The van der Waals surface area contributed by atoms with E-state index in [1.807, 2.05) is 29.4 Å². The van der Waals surface area contributed by atoms with E-state index in [4.69, 9.17) is 5.73 Å². The maximum Gasteiger partial charge on any atom is 0.261 e. The fourth-order valence-electron chi connectivity index (χ4n) is 3.52. The number of rotatable bonds is 2. The number of hydrogen-bond acceptors (Lipinski definition) is 5. The van der Waals surface area contributed by atoms with Crippen LogP contribution in [0.2, 0.25) is 0 Å². The predicted molar refractivity (Wildman–Crippen MR) is 102 cm³/mol. The molecular weight excluding hydrogens is 334 g/mol. The highest BCUT2D eigenvalue weighted by Crippen LogP contribution is 2.31. The summed E-state index contributed by atoms with van der Waals surface area (Å²) >= 11 is 1.64. The Bertz CT molecular complexity index is 802. The lowest BCUT2D eigenvalue weighted by molar-refractivity contribution is -0.126. The number of likely N-dealkylation sites (tertiary alicyclic amines) is 1. The number of pyridine rings is 1. The van der Waals surface area contributed by atoms with E-state index in [1.54, 1.807) is 18.0 Å². The molecule has 2 aliphatic heterocycles. The van der Waals surface area contributed by atoms with Gasteiger partial charge in [0.1, 0.15) is 5.65 Å². The molecule has 0 radical (unpaired) electrons. The Labute approximate surface area is 151 Å². The van der Waals surface area contributed by atoms with Gasteiger partial charge < -0.3 is 20.5 Å². The smallest absolute Gasteiger partial charge is 0.261 e. The summed E-state index contributed by atoms with van der Waals surface area (Å²) in [6.07, 6.45) is 8.84. The zero-order valence-electron chi connectivity index (χ0n) is 14.1. The molecule has 25 heavy (non-hydrogen) atoms. The SMILES string of the molecule is N[C@@H]1CCCCN(C(=O)C2=CN(c3ccnc4[nH]ccc34)CCS2)C1. The molecule has 2 aromatic rings.